The van der Waals surface area contributed by atoms with Gasteiger partial charge in [-0.25, -0.2) is 9.78 Å². The highest BCUT2D eigenvalue weighted by Crippen LogP contribution is 2.22. The summed E-state index contributed by atoms with van der Waals surface area (Å²) in [5, 5.41) is 14.0. The molecule has 0 bridgehead atoms. The summed E-state index contributed by atoms with van der Waals surface area (Å²) < 4.78 is 0. The van der Waals surface area contributed by atoms with E-state index in [9.17, 15) is 9.59 Å². The van der Waals surface area contributed by atoms with E-state index in [1.54, 1.807) is 0 Å². The number of amides is 1. The van der Waals surface area contributed by atoms with Gasteiger partial charge in [-0.15, -0.1) is 0 Å². The maximum atomic E-state index is 11.0. The summed E-state index contributed by atoms with van der Waals surface area (Å²) in [5.74, 6) is -0.781. The average Bonchev–Trinajstić information content (AvgIpc) is 2.16. The predicted octanol–water partition coefficient (Wildman–Crippen LogP) is 0.144. The lowest BCUT2D eigenvalue weighted by Crippen LogP contribution is -2.28. The standard InChI is InChI=1S/C8H7N3O3/c12-6-3-10-7-5(11-6)1-4(2-9-7)8(13)14/h1-2H,3H2,(H,9,10)(H,11,12)(H,13,14). The Morgan fingerprint density at radius 1 is 1.57 bits per heavy atom. The number of pyridine rings is 1. The second-order valence-corrected chi connectivity index (χ2v) is 2.83. The van der Waals surface area contributed by atoms with Gasteiger partial charge in [0.2, 0.25) is 5.91 Å². The molecule has 0 saturated carbocycles. The molecule has 1 aliphatic rings. The topological polar surface area (TPSA) is 91.3 Å². The van der Waals surface area contributed by atoms with Crippen molar-refractivity contribution in [3.05, 3.63) is 17.8 Å². The van der Waals surface area contributed by atoms with Crippen LogP contribution in [-0.4, -0.2) is 28.5 Å². The van der Waals surface area contributed by atoms with Gasteiger partial charge in [0.05, 0.1) is 17.8 Å². The van der Waals surface area contributed by atoms with E-state index in [-0.39, 0.29) is 18.0 Å². The van der Waals surface area contributed by atoms with Crippen molar-refractivity contribution in [1.29, 1.82) is 0 Å². The number of nitrogens with zero attached hydrogens (tertiary/aromatic N) is 1. The number of hydrogen-bond donors (Lipinski definition) is 3. The Morgan fingerprint density at radius 3 is 3.07 bits per heavy atom. The molecule has 6 heteroatoms. The molecule has 1 aromatic rings. The van der Waals surface area contributed by atoms with Gasteiger partial charge in [0.25, 0.3) is 0 Å². The number of anilines is 2. The third-order valence-electron chi connectivity index (χ3n) is 1.83. The van der Waals surface area contributed by atoms with Gasteiger partial charge in [0.15, 0.2) is 0 Å². The Morgan fingerprint density at radius 2 is 2.36 bits per heavy atom. The van der Waals surface area contributed by atoms with Crippen LogP contribution in [0.5, 0.6) is 0 Å². The molecule has 0 atom stereocenters. The van der Waals surface area contributed by atoms with Crippen LogP contribution in [0, 0.1) is 0 Å². The van der Waals surface area contributed by atoms with Gasteiger partial charge in [-0.05, 0) is 6.07 Å². The third kappa shape index (κ3) is 1.37. The first-order valence-electron chi connectivity index (χ1n) is 3.94. The summed E-state index contributed by atoms with van der Waals surface area (Å²) in [4.78, 5) is 25.4. The number of carboxylic acid groups (broad SMARTS) is 1. The van der Waals surface area contributed by atoms with Gasteiger partial charge >= 0.3 is 5.97 Å². The molecule has 0 saturated heterocycles. The van der Waals surface area contributed by atoms with Crippen LogP contribution in [0.15, 0.2) is 12.3 Å². The average molecular weight is 193 g/mol. The normalized spacial score (nSPS) is 13.9. The highest BCUT2D eigenvalue weighted by molar-refractivity contribution is 6.01. The summed E-state index contributed by atoms with van der Waals surface area (Å²) in [6, 6.07) is 1.37. The number of rotatable bonds is 1. The van der Waals surface area contributed by atoms with Crippen molar-refractivity contribution in [3.8, 4) is 0 Å². The Bertz CT molecular complexity index is 416. The number of fused-ring (bicyclic) bond motifs is 1. The number of carbonyl (C=O) groups excluding carboxylic acids is 1. The van der Waals surface area contributed by atoms with Crippen molar-refractivity contribution in [1.82, 2.24) is 4.98 Å². The van der Waals surface area contributed by atoms with Crippen molar-refractivity contribution >= 4 is 23.4 Å². The first-order valence-corrected chi connectivity index (χ1v) is 3.94. The monoisotopic (exact) mass is 193 g/mol. The fourth-order valence-corrected chi connectivity index (χ4v) is 1.18. The molecule has 1 amide bonds. The van der Waals surface area contributed by atoms with Crippen molar-refractivity contribution in [2.24, 2.45) is 0 Å². The van der Waals surface area contributed by atoms with E-state index in [4.69, 9.17) is 5.11 Å². The van der Waals surface area contributed by atoms with E-state index >= 15 is 0 Å². The van der Waals surface area contributed by atoms with Crippen LogP contribution in [0.25, 0.3) is 0 Å². The van der Waals surface area contributed by atoms with Crippen molar-refractivity contribution in [2.75, 3.05) is 17.2 Å². The number of aromatic carboxylic acids is 1. The smallest absolute Gasteiger partial charge is 0.337 e. The van der Waals surface area contributed by atoms with Crippen LogP contribution in [0.1, 0.15) is 10.4 Å². The van der Waals surface area contributed by atoms with Crippen LogP contribution in [0.2, 0.25) is 0 Å². The molecule has 0 fully saturated rings. The second kappa shape index (κ2) is 2.99. The van der Waals surface area contributed by atoms with Crippen LogP contribution in [0.3, 0.4) is 0 Å². The number of carboxylic acids is 1. The minimum atomic E-state index is -1.07. The summed E-state index contributed by atoms with van der Waals surface area (Å²) >= 11 is 0. The molecule has 1 aliphatic heterocycles. The van der Waals surface area contributed by atoms with E-state index in [0.717, 1.165) is 0 Å². The van der Waals surface area contributed by atoms with Crippen LogP contribution in [0.4, 0.5) is 11.5 Å². The van der Waals surface area contributed by atoms with Crippen LogP contribution >= 0.6 is 0 Å². The van der Waals surface area contributed by atoms with Gasteiger partial charge in [0, 0.05) is 6.20 Å². The summed E-state index contributed by atoms with van der Waals surface area (Å²) in [6.45, 7) is 0.159. The molecule has 0 aliphatic carbocycles. The molecule has 0 aromatic carbocycles. The van der Waals surface area contributed by atoms with E-state index in [1.807, 2.05) is 0 Å². The lowest BCUT2D eigenvalue weighted by Gasteiger charge is -2.17. The number of aromatic nitrogens is 1. The molecule has 14 heavy (non-hydrogen) atoms. The Labute approximate surface area is 79.0 Å². The molecular weight excluding hydrogens is 186 g/mol. The summed E-state index contributed by atoms with van der Waals surface area (Å²) in [5.41, 5.74) is 0.453. The molecule has 1 aromatic heterocycles. The molecule has 72 valence electrons. The SMILES string of the molecule is O=C1CNc2ncc(C(=O)O)cc2N1. The third-order valence-corrected chi connectivity index (χ3v) is 1.83. The quantitative estimate of drug-likeness (QED) is 0.590. The van der Waals surface area contributed by atoms with Gasteiger partial charge < -0.3 is 15.7 Å². The van der Waals surface area contributed by atoms with Gasteiger partial charge in [0.1, 0.15) is 5.82 Å². The lowest BCUT2D eigenvalue weighted by atomic mass is 10.2. The van der Waals surface area contributed by atoms with Gasteiger partial charge in [-0.1, -0.05) is 0 Å². The maximum Gasteiger partial charge on any atom is 0.337 e. The first-order chi connectivity index (χ1) is 6.66. The predicted molar refractivity (Wildman–Crippen MR) is 48.3 cm³/mol. The zero-order chi connectivity index (χ0) is 10.1. The summed E-state index contributed by atoms with van der Waals surface area (Å²) in [6.07, 6.45) is 1.24. The molecule has 2 rings (SSSR count). The van der Waals surface area contributed by atoms with Crippen molar-refractivity contribution < 1.29 is 14.7 Å². The molecule has 0 radical (unpaired) electrons. The Hall–Kier alpha value is -2.11. The van der Waals surface area contributed by atoms with Gasteiger partial charge in [-0.3, -0.25) is 4.79 Å². The lowest BCUT2D eigenvalue weighted by molar-refractivity contribution is -0.114. The van der Waals surface area contributed by atoms with E-state index in [0.29, 0.717) is 11.5 Å². The van der Waals surface area contributed by atoms with Crippen molar-refractivity contribution in [3.63, 3.8) is 0 Å². The molecule has 6 nitrogen and oxygen atoms in total. The van der Waals surface area contributed by atoms with E-state index < -0.39 is 5.97 Å². The van der Waals surface area contributed by atoms with Crippen LogP contribution < -0.4 is 10.6 Å². The fraction of sp³-hybridized carbons (Fsp3) is 0.125. The molecule has 2 heterocycles. The number of hydrogen-bond acceptors (Lipinski definition) is 4. The van der Waals surface area contributed by atoms with E-state index in [2.05, 4.69) is 15.6 Å². The molecule has 3 N–H and O–H groups in total. The minimum Gasteiger partial charge on any atom is -0.478 e. The second-order valence-electron chi connectivity index (χ2n) is 2.83. The zero-order valence-electron chi connectivity index (χ0n) is 7.07. The molecular formula is C8H7N3O3. The summed E-state index contributed by atoms with van der Waals surface area (Å²) in [7, 11) is 0. The highest BCUT2D eigenvalue weighted by Gasteiger charge is 2.16. The fourth-order valence-electron chi connectivity index (χ4n) is 1.18. The van der Waals surface area contributed by atoms with Crippen molar-refractivity contribution in [2.45, 2.75) is 0 Å². The largest absolute Gasteiger partial charge is 0.478 e. The zero-order valence-corrected chi connectivity index (χ0v) is 7.07. The number of carbonyl (C=O) groups is 2. The highest BCUT2D eigenvalue weighted by atomic mass is 16.4. The minimum absolute atomic E-state index is 0.0488. The van der Waals surface area contributed by atoms with E-state index in [1.165, 1.54) is 12.3 Å². The Kier molecular flexibility index (Phi) is 1.81. The maximum absolute atomic E-state index is 11.0. The molecule has 0 unspecified atom stereocenters. The molecule has 0 spiro atoms. The Balaban J connectivity index is 2.42. The van der Waals surface area contributed by atoms with Crippen LogP contribution in [-0.2, 0) is 4.79 Å². The number of nitrogens with one attached hydrogen (secondary N) is 2. The van der Waals surface area contributed by atoms with Gasteiger partial charge in [-0.2, -0.15) is 0 Å². The first kappa shape index (κ1) is 8.49.